The van der Waals surface area contributed by atoms with Crippen molar-refractivity contribution in [1.29, 1.82) is 0 Å². The van der Waals surface area contributed by atoms with E-state index in [1.54, 1.807) is 0 Å². The average Bonchev–Trinajstić information content (AvgIpc) is 2.46. The fourth-order valence-electron chi connectivity index (χ4n) is 2.74. The van der Waals surface area contributed by atoms with Gasteiger partial charge in [-0.25, -0.2) is 0 Å². The van der Waals surface area contributed by atoms with Crippen molar-refractivity contribution in [3.63, 3.8) is 0 Å². The zero-order valence-corrected chi connectivity index (χ0v) is 13.9. The van der Waals surface area contributed by atoms with Crippen LogP contribution < -0.4 is 5.32 Å². The second-order valence-corrected chi connectivity index (χ2v) is 8.08. The molecule has 0 saturated carbocycles. The Morgan fingerprint density at radius 2 is 1.86 bits per heavy atom. The van der Waals surface area contributed by atoms with Crippen molar-refractivity contribution in [2.24, 2.45) is 5.92 Å². The molecule has 0 spiro atoms. The van der Waals surface area contributed by atoms with Crippen LogP contribution in [0.3, 0.4) is 0 Å². The Morgan fingerprint density at radius 1 is 1.24 bits per heavy atom. The molecule has 0 aliphatic carbocycles. The first-order chi connectivity index (χ1) is 10.0. The average molecular weight is 309 g/mol. The Kier molecular flexibility index (Phi) is 6.40. The quantitative estimate of drug-likeness (QED) is 0.848. The minimum absolute atomic E-state index is 0.401. The fourth-order valence-corrected chi connectivity index (χ4v) is 4.04. The Balaban J connectivity index is 1.80. The van der Waals surface area contributed by atoms with Crippen molar-refractivity contribution in [3.8, 4) is 0 Å². The molecule has 1 aromatic carbocycles. The van der Waals surface area contributed by atoms with Gasteiger partial charge in [-0.2, -0.15) is 0 Å². The van der Waals surface area contributed by atoms with Crippen molar-refractivity contribution in [2.75, 3.05) is 18.1 Å². The summed E-state index contributed by atoms with van der Waals surface area (Å²) in [5.74, 6) is 2.23. The van der Waals surface area contributed by atoms with Crippen molar-refractivity contribution < 1.29 is 9.32 Å². The van der Waals surface area contributed by atoms with E-state index in [9.17, 15) is 9.32 Å². The van der Waals surface area contributed by atoms with Crippen LogP contribution >= 0.6 is 0 Å². The van der Waals surface area contributed by atoms with Crippen molar-refractivity contribution in [3.05, 3.63) is 35.4 Å². The van der Waals surface area contributed by atoms with Crippen LogP contribution in [0.2, 0.25) is 0 Å². The lowest BCUT2D eigenvalue weighted by molar-refractivity contribution is 0.168. The standard InChI is InChI=1S/C17H27NO2S/c1-13(2)11-14-3-5-15(6-4-14)17(19)12-18-16-7-9-21(20)10-8-16/h3-6,13,16-19H,7-12H2,1-2H3. The molecule has 21 heavy (non-hydrogen) atoms. The summed E-state index contributed by atoms with van der Waals surface area (Å²) < 4.78 is 11.3. The largest absolute Gasteiger partial charge is 0.387 e. The number of benzene rings is 1. The third-order valence-corrected chi connectivity index (χ3v) is 5.38. The summed E-state index contributed by atoms with van der Waals surface area (Å²) >= 11 is 0. The summed E-state index contributed by atoms with van der Waals surface area (Å²) in [6, 6.07) is 8.68. The SMILES string of the molecule is CC(C)Cc1ccc(C(O)CNC2CCS(=O)CC2)cc1. The number of nitrogens with one attached hydrogen (secondary N) is 1. The van der Waals surface area contributed by atoms with Gasteiger partial charge in [0.1, 0.15) is 0 Å². The molecule has 2 rings (SSSR count). The predicted molar refractivity (Wildman–Crippen MR) is 88.8 cm³/mol. The third kappa shape index (κ3) is 5.53. The van der Waals surface area contributed by atoms with Crippen molar-refractivity contribution in [2.45, 2.75) is 45.3 Å². The molecule has 4 heteroatoms. The van der Waals surface area contributed by atoms with Gasteiger partial charge in [-0.05, 0) is 36.3 Å². The van der Waals surface area contributed by atoms with Gasteiger partial charge >= 0.3 is 0 Å². The molecule has 0 bridgehead atoms. The number of hydrogen-bond acceptors (Lipinski definition) is 3. The maximum Gasteiger partial charge on any atom is 0.0914 e. The van der Waals surface area contributed by atoms with Gasteiger partial charge in [0.15, 0.2) is 0 Å². The minimum atomic E-state index is -0.621. The molecule has 118 valence electrons. The van der Waals surface area contributed by atoms with Gasteiger partial charge in [0.05, 0.1) is 6.10 Å². The fraction of sp³-hybridized carbons (Fsp3) is 0.647. The first-order valence-corrected chi connectivity index (χ1v) is 9.38. The number of aliphatic hydroxyl groups excluding tert-OH is 1. The number of hydrogen-bond donors (Lipinski definition) is 2. The van der Waals surface area contributed by atoms with E-state index in [4.69, 9.17) is 0 Å². The van der Waals surface area contributed by atoms with E-state index in [0.717, 1.165) is 36.3 Å². The highest BCUT2D eigenvalue weighted by Gasteiger charge is 2.18. The van der Waals surface area contributed by atoms with Crippen LogP contribution in [0.1, 0.15) is 43.9 Å². The molecule has 1 aromatic rings. The Hall–Kier alpha value is -0.710. The molecule has 0 amide bonds. The zero-order valence-electron chi connectivity index (χ0n) is 13.0. The summed E-state index contributed by atoms with van der Waals surface area (Å²) in [5.41, 5.74) is 2.29. The van der Waals surface area contributed by atoms with Gasteiger partial charge < -0.3 is 10.4 Å². The molecule has 1 fully saturated rings. The van der Waals surface area contributed by atoms with Crippen LogP contribution in [0.5, 0.6) is 0 Å². The molecule has 0 radical (unpaired) electrons. The number of aliphatic hydroxyl groups is 1. The van der Waals surface area contributed by atoms with E-state index in [0.29, 0.717) is 18.5 Å². The molecule has 1 heterocycles. The predicted octanol–water partition coefficient (Wildman–Crippen LogP) is 2.42. The molecule has 1 atom stereocenters. The van der Waals surface area contributed by atoms with Crippen molar-refractivity contribution >= 4 is 10.8 Å². The van der Waals surface area contributed by atoms with Crippen LogP contribution in [0.25, 0.3) is 0 Å². The normalized spacial score (nSPS) is 24.2. The molecule has 3 nitrogen and oxygen atoms in total. The summed E-state index contributed by atoms with van der Waals surface area (Å²) in [7, 11) is -0.621. The number of rotatable bonds is 6. The van der Waals surface area contributed by atoms with Crippen LogP contribution in [0.4, 0.5) is 0 Å². The third-order valence-electron chi connectivity index (χ3n) is 4.00. The molecule has 1 aliphatic heterocycles. The maximum absolute atomic E-state index is 11.3. The molecule has 0 aromatic heterocycles. The monoisotopic (exact) mass is 309 g/mol. The Labute approximate surface area is 130 Å². The van der Waals surface area contributed by atoms with Crippen LogP contribution in [-0.4, -0.2) is 33.4 Å². The Morgan fingerprint density at radius 3 is 2.43 bits per heavy atom. The highest BCUT2D eigenvalue weighted by molar-refractivity contribution is 7.85. The van der Waals surface area contributed by atoms with Crippen LogP contribution in [0.15, 0.2) is 24.3 Å². The van der Waals surface area contributed by atoms with Crippen LogP contribution in [-0.2, 0) is 17.2 Å². The van der Waals surface area contributed by atoms with E-state index < -0.39 is 16.9 Å². The van der Waals surface area contributed by atoms with Gasteiger partial charge in [-0.15, -0.1) is 0 Å². The highest BCUT2D eigenvalue weighted by Crippen LogP contribution is 2.16. The second kappa shape index (κ2) is 8.06. The van der Waals surface area contributed by atoms with E-state index in [1.165, 1.54) is 5.56 Å². The Bertz CT molecular complexity index is 448. The zero-order chi connectivity index (χ0) is 15.2. The summed E-state index contributed by atoms with van der Waals surface area (Å²) in [6.45, 7) is 4.99. The summed E-state index contributed by atoms with van der Waals surface area (Å²) in [5, 5.41) is 13.7. The molecular formula is C17H27NO2S. The smallest absolute Gasteiger partial charge is 0.0914 e. The van der Waals surface area contributed by atoms with E-state index in [-0.39, 0.29) is 0 Å². The lowest BCUT2D eigenvalue weighted by atomic mass is 10.00. The molecule has 1 saturated heterocycles. The van der Waals surface area contributed by atoms with Gasteiger partial charge in [0.25, 0.3) is 0 Å². The van der Waals surface area contributed by atoms with Crippen LogP contribution in [0, 0.1) is 5.92 Å². The molecule has 1 aliphatic rings. The summed E-state index contributed by atoms with van der Waals surface area (Å²) in [4.78, 5) is 0. The lowest BCUT2D eigenvalue weighted by Crippen LogP contribution is -2.37. The maximum atomic E-state index is 11.3. The minimum Gasteiger partial charge on any atom is -0.387 e. The second-order valence-electron chi connectivity index (χ2n) is 6.39. The van der Waals surface area contributed by atoms with Crippen molar-refractivity contribution in [1.82, 2.24) is 5.32 Å². The first-order valence-electron chi connectivity index (χ1n) is 7.90. The van der Waals surface area contributed by atoms with E-state index in [2.05, 4.69) is 31.3 Å². The highest BCUT2D eigenvalue weighted by atomic mass is 32.2. The topological polar surface area (TPSA) is 49.3 Å². The van der Waals surface area contributed by atoms with E-state index >= 15 is 0 Å². The summed E-state index contributed by atoms with van der Waals surface area (Å²) in [6.07, 6.45) is 2.51. The molecule has 1 unspecified atom stereocenters. The van der Waals surface area contributed by atoms with Gasteiger partial charge in [-0.1, -0.05) is 38.1 Å². The van der Waals surface area contributed by atoms with Gasteiger partial charge in [-0.3, -0.25) is 4.21 Å². The first kappa shape index (κ1) is 16.7. The molecule has 2 N–H and O–H groups in total. The van der Waals surface area contributed by atoms with Gasteiger partial charge in [0.2, 0.25) is 0 Å². The van der Waals surface area contributed by atoms with E-state index in [1.807, 2.05) is 12.1 Å². The van der Waals surface area contributed by atoms with Gasteiger partial charge in [0, 0.05) is 34.9 Å². The lowest BCUT2D eigenvalue weighted by Gasteiger charge is -2.24. The molecular weight excluding hydrogens is 282 g/mol.